The molecule has 1 saturated heterocycles. The predicted octanol–water partition coefficient (Wildman–Crippen LogP) is 2.23. The SMILES string of the molecule is O=S(=O)(C=Cc1ccc(Cl)cc1)NCC1CCNCC1. The van der Waals surface area contributed by atoms with Gasteiger partial charge in [0.25, 0.3) is 0 Å². The Morgan fingerprint density at radius 1 is 1.25 bits per heavy atom. The summed E-state index contributed by atoms with van der Waals surface area (Å²) in [5.74, 6) is 0.426. The van der Waals surface area contributed by atoms with Gasteiger partial charge in [-0.2, -0.15) is 0 Å². The molecular formula is C14H19ClN2O2S. The molecule has 0 bridgehead atoms. The van der Waals surface area contributed by atoms with E-state index in [0.29, 0.717) is 17.5 Å². The van der Waals surface area contributed by atoms with Gasteiger partial charge in [0, 0.05) is 17.0 Å². The highest BCUT2D eigenvalue weighted by molar-refractivity contribution is 7.92. The number of halogens is 1. The second-order valence-corrected chi connectivity index (χ2v) is 7.03. The van der Waals surface area contributed by atoms with Crippen LogP contribution in [0.4, 0.5) is 0 Å². The van der Waals surface area contributed by atoms with Crippen molar-refractivity contribution >= 4 is 27.7 Å². The van der Waals surface area contributed by atoms with Gasteiger partial charge in [-0.25, -0.2) is 13.1 Å². The minimum Gasteiger partial charge on any atom is -0.317 e. The van der Waals surface area contributed by atoms with E-state index in [1.165, 1.54) is 5.41 Å². The Bertz CT molecular complexity index is 549. The van der Waals surface area contributed by atoms with Crippen LogP contribution in [0.3, 0.4) is 0 Å². The molecule has 4 nitrogen and oxygen atoms in total. The van der Waals surface area contributed by atoms with Gasteiger partial charge >= 0.3 is 0 Å². The van der Waals surface area contributed by atoms with Crippen LogP contribution in [-0.4, -0.2) is 28.1 Å². The van der Waals surface area contributed by atoms with Crippen LogP contribution in [-0.2, 0) is 10.0 Å². The molecule has 0 unspecified atom stereocenters. The van der Waals surface area contributed by atoms with Gasteiger partial charge in [0.2, 0.25) is 10.0 Å². The van der Waals surface area contributed by atoms with Gasteiger partial charge < -0.3 is 5.32 Å². The molecule has 0 aromatic heterocycles. The summed E-state index contributed by atoms with van der Waals surface area (Å²) in [5, 5.41) is 5.10. The maximum atomic E-state index is 11.9. The highest BCUT2D eigenvalue weighted by Crippen LogP contribution is 2.12. The largest absolute Gasteiger partial charge is 0.317 e. The molecular weight excluding hydrogens is 296 g/mol. The first-order valence-corrected chi connectivity index (χ1v) is 8.62. The Morgan fingerprint density at radius 2 is 1.90 bits per heavy atom. The molecule has 2 rings (SSSR count). The van der Waals surface area contributed by atoms with Gasteiger partial charge in [0.05, 0.1) is 0 Å². The molecule has 1 fully saturated rings. The third-order valence-electron chi connectivity index (χ3n) is 3.34. The average molecular weight is 315 g/mol. The third-order valence-corrected chi connectivity index (χ3v) is 4.66. The van der Waals surface area contributed by atoms with Gasteiger partial charge in [-0.05, 0) is 55.6 Å². The maximum Gasteiger partial charge on any atom is 0.233 e. The lowest BCUT2D eigenvalue weighted by atomic mass is 9.99. The van der Waals surface area contributed by atoms with Crippen LogP contribution in [0.1, 0.15) is 18.4 Å². The van der Waals surface area contributed by atoms with Crippen molar-refractivity contribution in [1.29, 1.82) is 0 Å². The molecule has 0 amide bonds. The van der Waals surface area contributed by atoms with Crippen LogP contribution >= 0.6 is 11.6 Å². The van der Waals surface area contributed by atoms with Crippen molar-refractivity contribution in [3.8, 4) is 0 Å². The Hall–Kier alpha value is -0.880. The number of hydrogen-bond acceptors (Lipinski definition) is 3. The van der Waals surface area contributed by atoms with Crippen molar-refractivity contribution in [1.82, 2.24) is 10.0 Å². The van der Waals surface area contributed by atoms with Crippen LogP contribution in [0.5, 0.6) is 0 Å². The summed E-state index contributed by atoms with van der Waals surface area (Å²) < 4.78 is 26.4. The molecule has 2 N–H and O–H groups in total. The van der Waals surface area contributed by atoms with Crippen LogP contribution in [0.25, 0.3) is 6.08 Å². The lowest BCUT2D eigenvalue weighted by Crippen LogP contribution is -2.35. The Labute approximate surface area is 125 Å². The van der Waals surface area contributed by atoms with E-state index < -0.39 is 10.0 Å². The average Bonchev–Trinajstić information content (AvgIpc) is 2.46. The number of sulfonamides is 1. The van der Waals surface area contributed by atoms with Crippen LogP contribution < -0.4 is 10.0 Å². The van der Waals surface area contributed by atoms with Crippen molar-refractivity contribution < 1.29 is 8.42 Å². The summed E-state index contributed by atoms with van der Waals surface area (Å²) in [6, 6.07) is 7.02. The quantitative estimate of drug-likeness (QED) is 0.876. The molecule has 0 saturated carbocycles. The zero-order valence-electron chi connectivity index (χ0n) is 11.2. The van der Waals surface area contributed by atoms with E-state index in [-0.39, 0.29) is 0 Å². The fourth-order valence-electron chi connectivity index (χ4n) is 2.11. The molecule has 1 heterocycles. The smallest absolute Gasteiger partial charge is 0.233 e. The number of piperidine rings is 1. The van der Waals surface area contributed by atoms with E-state index in [4.69, 9.17) is 11.6 Å². The van der Waals surface area contributed by atoms with E-state index in [2.05, 4.69) is 10.0 Å². The normalized spacial score (nSPS) is 17.6. The highest BCUT2D eigenvalue weighted by atomic mass is 35.5. The molecule has 0 aliphatic carbocycles. The van der Waals surface area contributed by atoms with Crippen molar-refractivity contribution in [3.05, 3.63) is 40.3 Å². The second kappa shape index (κ2) is 7.22. The Balaban J connectivity index is 1.88. The van der Waals surface area contributed by atoms with Crippen molar-refractivity contribution in [2.75, 3.05) is 19.6 Å². The molecule has 0 spiro atoms. The van der Waals surface area contributed by atoms with Gasteiger partial charge in [0.1, 0.15) is 0 Å². The van der Waals surface area contributed by atoms with Crippen molar-refractivity contribution in [3.63, 3.8) is 0 Å². The second-order valence-electron chi connectivity index (χ2n) is 4.94. The molecule has 1 aromatic carbocycles. The minimum absolute atomic E-state index is 0.426. The molecule has 110 valence electrons. The fourth-order valence-corrected chi connectivity index (χ4v) is 3.14. The van der Waals surface area contributed by atoms with Crippen LogP contribution in [0.15, 0.2) is 29.7 Å². The van der Waals surface area contributed by atoms with Crippen LogP contribution in [0.2, 0.25) is 5.02 Å². The van der Waals surface area contributed by atoms with Crippen LogP contribution in [0, 0.1) is 5.92 Å². The summed E-state index contributed by atoms with van der Waals surface area (Å²) in [4.78, 5) is 0. The van der Waals surface area contributed by atoms with Gasteiger partial charge in [-0.3, -0.25) is 0 Å². The van der Waals surface area contributed by atoms with Crippen molar-refractivity contribution in [2.24, 2.45) is 5.92 Å². The first kappa shape index (κ1) is 15.5. The first-order chi connectivity index (χ1) is 9.55. The summed E-state index contributed by atoms with van der Waals surface area (Å²) in [6.07, 6.45) is 3.61. The summed E-state index contributed by atoms with van der Waals surface area (Å²) >= 11 is 5.78. The molecule has 0 atom stereocenters. The molecule has 6 heteroatoms. The number of rotatable bonds is 5. The van der Waals surface area contributed by atoms with E-state index in [9.17, 15) is 8.42 Å². The summed E-state index contributed by atoms with van der Waals surface area (Å²) in [5.41, 5.74) is 0.807. The Morgan fingerprint density at radius 3 is 2.55 bits per heavy atom. The highest BCUT2D eigenvalue weighted by Gasteiger charge is 2.15. The third kappa shape index (κ3) is 5.25. The predicted molar refractivity (Wildman–Crippen MR) is 83.0 cm³/mol. The standard InChI is InChI=1S/C14H19ClN2O2S/c15-14-3-1-12(2-4-14)7-10-20(18,19)17-11-13-5-8-16-9-6-13/h1-4,7,10,13,16-17H,5-6,8-9,11H2. The zero-order chi connectivity index (χ0) is 14.4. The topological polar surface area (TPSA) is 58.2 Å². The first-order valence-electron chi connectivity index (χ1n) is 6.69. The number of hydrogen-bond donors (Lipinski definition) is 2. The maximum absolute atomic E-state index is 11.9. The van der Waals surface area contributed by atoms with Gasteiger partial charge in [-0.15, -0.1) is 0 Å². The van der Waals surface area contributed by atoms with E-state index in [0.717, 1.165) is 31.5 Å². The molecule has 20 heavy (non-hydrogen) atoms. The number of benzene rings is 1. The zero-order valence-corrected chi connectivity index (χ0v) is 12.8. The fraction of sp³-hybridized carbons (Fsp3) is 0.429. The molecule has 1 aromatic rings. The molecule has 1 aliphatic rings. The Kier molecular flexibility index (Phi) is 5.60. The molecule has 1 aliphatic heterocycles. The minimum atomic E-state index is -3.37. The monoisotopic (exact) mass is 314 g/mol. The lowest BCUT2D eigenvalue weighted by Gasteiger charge is -2.22. The van der Waals surface area contributed by atoms with Gasteiger partial charge in [0.15, 0.2) is 0 Å². The van der Waals surface area contributed by atoms with E-state index in [1.807, 2.05) is 0 Å². The van der Waals surface area contributed by atoms with Crippen molar-refractivity contribution in [2.45, 2.75) is 12.8 Å². The number of nitrogens with one attached hydrogen (secondary N) is 2. The molecule has 0 radical (unpaired) electrons. The van der Waals surface area contributed by atoms with E-state index >= 15 is 0 Å². The van der Waals surface area contributed by atoms with Gasteiger partial charge in [-0.1, -0.05) is 23.7 Å². The van der Waals surface area contributed by atoms with E-state index in [1.54, 1.807) is 30.3 Å². The summed E-state index contributed by atoms with van der Waals surface area (Å²) in [7, 11) is -3.37. The summed E-state index contributed by atoms with van der Waals surface area (Å²) in [6.45, 7) is 2.44. The lowest BCUT2D eigenvalue weighted by molar-refractivity contribution is 0.373.